The van der Waals surface area contributed by atoms with Crippen LogP contribution in [0.25, 0.3) is 10.9 Å². The fourth-order valence-corrected chi connectivity index (χ4v) is 2.84. The highest BCUT2D eigenvalue weighted by atomic mass is 19.4. The third kappa shape index (κ3) is 4.89. The maximum Gasteiger partial charge on any atom is 0.411 e. The molecule has 0 bridgehead atoms. The lowest BCUT2D eigenvalue weighted by molar-refractivity contribution is -0.176. The standard InChI is InChI=1S/C20H19F3N2O2/c1-25-11-17(16-4-2-3-5-18(16)25)19(26)24-10-14-6-8-15(9-7-14)12-27-13-20(21,22)23/h2-9,11H,10,12-13H2,1H3,(H,24,26). The largest absolute Gasteiger partial charge is 0.411 e. The van der Waals surface area contributed by atoms with E-state index in [4.69, 9.17) is 0 Å². The summed E-state index contributed by atoms with van der Waals surface area (Å²) in [6.45, 7) is -1.05. The summed E-state index contributed by atoms with van der Waals surface area (Å²) < 4.78 is 42.7. The number of halogens is 3. The van der Waals surface area contributed by atoms with E-state index in [9.17, 15) is 18.0 Å². The lowest BCUT2D eigenvalue weighted by atomic mass is 10.1. The zero-order chi connectivity index (χ0) is 19.4. The van der Waals surface area contributed by atoms with Crippen LogP contribution in [0.5, 0.6) is 0 Å². The molecular weight excluding hydrogens is 357 g/mol. The van der Waals surface area contributed by atoms with Gasteiger partial charge in [0.25, 0.3) is 5.91 Å². The zero-order valence-corrected chi connectivity index (χ0v) is 14.7. The Morgan fingerprint density at radius 1 is 1.07 bits per heavy atom. The summed E-state index contributed by atoms with van der Waals surface area (Å²) in [6, 6.07) is 14.6. The molecule has 142 valence electrons. The summed E-state index contributed by atoms with van der Waals surface area (Å²) in [5.41, 5.74) is 3.07. The average molecular weight is 376 g/mol. The molecule has 3 rings (SSSR count). The quantitative estimate of drug-likeness (QED) is 0.701. The Hall–Kier alpha value is -2.80. The predicted molar refractivity (Wildman–Crippen MR) is 96.2 cm³/mol. The highest BCUT2D eigenvalue weighted by molar-refractivity contribution is 6.06. The molecule has 7 heteroatoms. The Morgan fingerprint density at radius 3 is 2.44 bits per heavy atom. The predicted octanol–water partition coefficient (Wildman–Crippen LogP) is 4.19. The van der Waals surface area contributed by atoms with E-state index < -0.39 is 12.8 Å². The third-order valence-corrected chi connectivity index (χ3v) is 4.15. The Morgan fingerprint density at radius 2 is 1.74 bits per heavy atom. The van der Waals surface area contributed by atoms with Crippen LogP contribution < -0.4 is 5.32 Å². The number of aryl methyl sites for hydroxylation is 1. The van der Waals surface area contributed by atoms with Crippen molar-refractivity contribution >= 4 is 16.8 Å². The van der Waals surface area contributed by atoms with Crippen LogP contribution in [0.1, 0.15) is 21.5 Å². The van der Waals surface area contributed by atoms with Crippen molar-refractivity contribution in [2.45, 2.75) is 19.3 Å². The molecule has 1 aromatic heterocycles. The molecule has 0 saturated heterocycles. The van der Waals surface area contributed by atoms with Gasteiger partial charge in [-0.2, -0.15) is 13.2 Å². The number of hydrogen-bond donors (Lipinski definition) is 1. The minimum absolute atomic E-state index is 0.109. The van der Waals surface area contributed by atoms with E-state index in [1.54, 1.807) is 30.5 Å². The Balaban J connectivity index is 1.57. The van der Waals surface area contributed by atoms with Crippen molar-refractivity contribution in [3.8, 4) is 0 Å². The molecule has 4 nitrogen and oxygen atoms in total. The van der Waals surface area contributed by atoms with Gasteiger partial charge in [-0.25, -0.2) is 0 Å². The fraction of sp³-hybridized carbons (Fsp3) is 0.250. The third-order valence-electron chi connectivity index (χ3n) is 4.15. The molecule has 0 radical (unpaired) electrons. The molecule has 0 aliphatic rings. The van der Waals surface area contributed by atoms with Gasteiger partial charge in [-0.3, -0.25) is 4.79 Å². The van der Waals surface area contributed by atoms with Crippen LogP contribution in [0.2, 0.25) is 0 Å². The number of rotatable bonds is 6. The van der Waals surface area contributed by atoms with Gasteiger partial charge in [-0.05, 0) is 17.2 Å². The number of nitrogens with one attached hydrogen (secondary N) is 1. The summed E-state index contributed by atoms with van der Waals surface area (Å²) in [7, 11) is 1.89. The molecule has 0 aliphatic heterocycles. The van der Waals surface area contributed by atoms with Gasteiger partial charge < -0.3 is 14.6 Å². The number of carbonyl (C=O) groups excluding carboxylic acids is 1. The highest BCUT2D eigenvalue weighted by Crippen LogP contribution is 2.20. The molecule has 0 atom stereocenters. The van der Waals surface area contributed by atoms with E-state index in [0.717, 1.165) is 16.5 Å². The van der Waals surface area contributed by atoms with Crippen molar-refractivity contribution < 1.29 is 22.7 Å². The van der Waals surface area contributed by atoms with Crippen molar-refractivity contribution in [1.82, 2.24) is 9.88 Å². The van der Waals surface area contributed by atoms with Gasteiger partial charge in [-0.15, -0.1) is 0 Å². The Bertz CT molecular complexity index is 931. The SMILES string of the molecule is Cn1cc(C(=O)NCc2ccc(COCC(F)(F)F)cc2)c2ccccc21. The second kappa shape index (κ2) is 7.84. The highest BCUT2D eigenvalue weighted by Gasteiger charge is 2.27. The van der Waals surface area contributed by atoms with E-state index in [1.165, 1.54) is 0 Å². The smallest absolute Gasteiger partial charge is 0.367 e. The number of fused-ring (bicyclic) bond motifs is 1. The lowest BCUT2D eigenvalue weighted by Crippen LogP contribution is -2.22. The first kappa shape index (κ1) is 19.0. The number of ether oxygens (including phenoxy) is 1. The molecule has 0 saturated carbocycles. The number of aromatic nitrogens is 1. The Kier molecular flexibility index (Phi) is 5.51. The summed E-state index contributed by atoms with van der Waals surface area (Å²) in [5.74, 6) is -0.176. The van der Waals surface area contributed by atoms with Gasteiger partial charge >= 0.3 is 6.18 Å². The summed E-state index contributed by atoms with van der Waals surface area (Å²) in [6.07, 6.45) is -2.53. The van der Waals surface area contributed by atoms with Crippen LogP contribution in [0.15, 0.2) is 54.7 Å². The first-order valence-corrected chi connectivity index (χ1v) is 8.38. The fourth-order valence-electron chi connectivity index (χ4n) is 2.84. The summed E-state index contributed by atoms with van der Waals surface area (Å²) in [4.78, 5) is 12.5. The number of hydrogen-bond acceptors (Lipinski definition) is 2. The number of alkyl halides is 3. The molecule has 1 heterocycles. The molecule has 0 aliphatic carbocycles. The van der Waals surface area contributed by atoms with Crippen LogP contribution in [0.3, 0.4) is 0 Å². The molecule has 3 aromatic rings. The number of para-hydroxylation sites is 1. The zero-order valence-electron chi connectivity index (χ0n) is 14.7. The normalized spacial score (nSPS) is 11.7. The summed E-state index contributed by atoms with van der Waals surface area (Å²) >= 11 is 0. The van der Waals surface area contributed by atoms with Crippen LogP contribution in [-0.4, -0.2) is 23.3 Å². The lowest BCUT2D eigenvalue weighted by Gasteiger charge is -2.09. The number of benzene rings is 2. The van der Waals surface area contributed by atoms with Crippen molar-refractivity contribution in [2.24, 2.45) is 7.05 Å². The molecule has 0 unspecified atom stereocenters. The molecule has 1 N–H and O–H groups in total. The van der Waals surface area contributed by atoms with Crippen molar-refractivity contribution in [2.75, 3.05) is 6.61 Å². The number of carbonyl (C=O) groups is 1. The monoisotopic (exact) mass is 376 g/mol. The average Bonchev–Trinajstić information content (AvgIpc) is 2.97. The molecule has 0 fully saturated rings. The summed E-state index contributed by atoms with van der Waals surface area (Å²) in [5, 5.41) is 3.75. The van der Waals surface area contributed by atoms with Crippen molar-refractivity contribution in [3.05, 3.63) is 71.4 Å². The number of amides is 1. The van der Waals surface area contributed by atoms with Gasteiger partial charge in [0.2, 0.25) is 0 Å². The van der Waals surface area contributed by atoms with Crippen LogP contribution in [-0.2, 0) is 24.9 Å². The van der Waals surface area contributed by atoms with Crippen molar-refractivity contribution in [3.63, 3.8) is 0 Å². The van der Waals surface area contributed by atoms with E-state index >= 15 is 0 Å². The first-order chi connectivity index (χ1) is 12.8. The molecule has 1 amide bonds. The number of nitrogens with zero attached hydrogens (tertiary/aromatic N) is 1. The topological polar surface area (TPSA) is 43.3 Å². The minimum Gasteiger partial charge on any atom is -0.367 e. The minimum atomic E-state index is -4.33. The van der Waals surface area contributed by atoms with Gasteiger partial charge in [-0.1, -0.05) is 42.5 Å². The van der Waals surface area contributed by atoms with Gasteiger partial charge in [0.15, 0.2) is 0 Å². The molecule has 0 spiro atoms. The van der Waals surface area contributed by atoms with E-state index in [2.05, 4.69) is 10.1 Å². The van der Waals surface area contributed by atoms with E-state index in [0.29, 0.717) is 17.7 Å². The maximum atomic E-state index is 12.5. The second-order valence-corrected chi connectivity index (χ2v) is 6.28. The van der Waals surface area contributed by atoms with Crippen LogP contribution in [0.4, 0.5) is 13.2 Å². The van der Waals surface area contributed by atoms with E-state index in [1.807, 2.05) is 35.9 Å². The van der Waals surface area contributed by atoms with Gasteiger partial charge in [0.1, 0.15) is 6.61 Å². The second-order valence-electron chi connectivity index (χ2n) is 6.28. The Labute approximate surface area is 154 Å². The van der Waals surface area contributed by atoms with Crippen molar-refractivity contribution in [1.29, 1.82) is 0 Å². The molecule has 2 aromatic carbocycles. The van der Waals surface area contributed by atoms with Gasteiger partial charge in [0, 0.05) is 30.7 Å². The first-order valence-electron chi connectivity index (χ1n) is 8.38. The van der Waals surface area contributed by atoms with Crippen LogP contribution >= 0.6 is 0 Å². The van der Waals surface area contributed by atoms with Crippen LogP contribution in [0, 0.1) is 0 Å². The maximum absolute atomic E-state index is 12.5. The van der Waals surface area contributed by atoms with Gasteiger partial charge in [0.05, 0.1) is 12.2 Å². The molecular formula is C20H19F3N2O2. The molecule has 27 heavy (non-hydrogen) atoms. The van der Waals surface area contributed by atoms with E-state index in [-0.39, 0.29) is 12.5 Å².